The molecule has 0 aliphatic heterocycles. The fourth-order valence-electron chi connectivity index (χ4n) is 3.30. The molecule has 96 valence electrons. The van der Waals surface area contributed by atoms with Gasteiger partial charge in [-0.1, -0.05) is 13.8 Å². The molecule has 1 aromatic rings. The van der Waals surface area contributed by atoms with E-state index in [0.29, 0.717) is 5.92 Å². The Bertz CT molecular complexity index is 308. The lowest BCUT2D eigenvalue weighted by molar-refractivity contribution is 0.0491. The van der Waals surface area contributed by atoms with E-state index in [1.165, 1.54) is 19.3 Å². The zero-order valence-electron chi connectivity index (χ0n) is 10.9. The second kappa shape index (κ2) is 5.72. The first-order chi connectivity index (χ1) is 8.15. The predicted octanol–water partition coefficient (Wildman–Crippen LogP) is 3.65. The first kappa shape index (κ1) is 12.7. The van der Waals surface area contributed by atoms with Crippen LogP contribution in [-0.4, -0.2) is 11.2 Å². The zero-order chi connectivity index (χ0) is 12.3. The maximum Gasteiger partial charge on any atom is 0.103 e. The summed E-state index contributed by atoms with van der Waals surface area (Å²) in [4.78, 5) is 0. The summed E-state index contributed by atoms with van der Waals surface area (Å²) in [7, 11) is 0. The number of aliphatic hydroxyl groups is 1. The number of hydrogen-bond donors (Lipinski definition) is 1. The van der Waals surface area contributed by atoms with E-state index in [1.54, 1.807) is 6.26 Å². The van der Waals surface area contributed by atoms with Crippen LogP contribution in [0, 0.1) is 17.8 Å². The van der Waals surface area contributed by atoms with Crippen molar-refractivity contribution in [3.8, 4) is 0 Å². The molecule has 0 spiro atoms. The van der Waals surface area contributed by atoms with E-state index >= 15 is 0 Å². The predicted molar refractivity (Wildman–Crippen MR) is 68.7 cm³/mol. The van der Waals surface area contributed by atoms with Crippen LogP contribution < -0.4 is 0 Å². The molecule has 2 rings (SSSR count). The lowest BCUT2D eigenvalue weighted by Crippen LogP contribution is -2.29. The Kier molecular flexibility index (Phi) is 4.27. The average Bonchev–Trinajstić information content (AvgIpc) is 2.77. The highest BCUT2D eigenvalue weighted by molar-refractivity contribution is 4.98. The molecule has 0 radical (unpaired) electrons. The van der Waals surface area contributed by atoms with Gasteiger partial charge in [-0.15, -0.1) is 0 Å². The molecule has 17 heavy (non-hydrogen) atoms. The largest absolute Gasteiger partial charge is 0.469 e. The monoisotopic (exact) mass is 236 g/mol. The Labute approximate surface area is 104 Å². The van der Waals surface area contributed by atoms with Crippen LogP contribution in [0.25, 0.3) is 0 Å². The van der Waals surface area contributed by atoms with E-state index in [2.05, 4.69) is 13.8 Å². The lowest BCUT2D eigenvalue weighted by atomic mass is 9.74. The molecule has 1 fully saturated rings. The van der Waals surface area contributed by atoms with Crippen molar-refractivity contribution < 1.29 is 9.52 Å². The summed E-state index contributed by atoms with van der Waals surface area (Å²) < 4.78 is 5.30. The molecule has 3 atom stereocenters. The quantitative estimate of drug-likeness (QED) is 0.865. The van der Waals surface area contributed by atoms with Gasteiger partial charge in [0, 0.05) is 6.42 Å². The highest BCUT2D eigenvalue weighted by Gasteiger charge is 2.28. The maximum atomic E-state index is 10.3. The third-order valence-electron chi connectivity index (χ3n) is 4.03. The van der Waals surface area contributed by atoms with Crippen molar-refractivity contribution in [2.45, 2.75) is 52.1 Å². The van der Waals surface area contributed by atoms with Crippen molar-refractivity contribution in [3.05, 3.63) is 24.2 Å². The van der Waals surface area contributed by atoms with Crippen LogP contribution in [-0.2, 0) is 6.42 Å². The normalized spacial score (nSPS) is 31.4. The van der Waals surface area contributed by atoms with Crippen molar-refractivity contribution in [2.24, 2.45) is 17.8 Å². The van der Waals surface area contributed by atoms with Gasteiger partial charge in [0.25, 0.3) is 0 Å². The molecule has 0 bridgehead atoms. The van der Waals surface area contributed by atoms with Crippen molar-refractivity contribution in [1.82, 2.24) is 0 Å². The van der Waals surface area contributed by atoms with Gasteiger partial charge in [-0.25, -0.2) is 0 Å². The highest BCUT2D eigenvalue weighted by atomic mass is 16.3. The number of aryl methyl sites for hydroxylation is 1. The van der Waals surface area contributed by atoms with Gasteiger partial charge in [0.1, 0.15) is 5.76 Å². The third-order valence-corrected chi connectivity index (χ3v) is 4.03. The van der Waals surface area contributed by atoms with Crippen molar-refractivity contribution in [2.75, 3.05) is 0 Å². The molecule has 3 unspecified atom stereocenters. The minimum Gasteiger partial charge on any atom is -0.469 e. The lowest BCUT2D eigenvalue weighted by Gasteiger charge is -2.34. The minimum absolute atomic E-state index is 0.162. The van der Waals surface area contributed by atoms with Gasteiger partial charge < -0.3 is 9.52 Å². The number of aliphatic hydroxyl groups excluding tert-OH is 1. The summed E-state index contributed by atoms with van der Waals surface area (Å²) in [5.41, 5.74) is 0. The Morgan fingerprint density at radius 1 is 1.29 bits per heavy atom. The molecule has 0 saturated heterocycles. The molecule has 0 amide bonds. The number of rotatable bonds is 4. The molecule has 0 aromatic carbocycles. The minimum atomic E-state index is -0.162. The Morgan fingerprint density at radius 3 is 2.59 bits per heavy atom. The summed E-state index contributed by atoms with van der Waals surface area (Å²) in [6, 6.07) is 3.89. The molecule has 1 saturated carbocycles. The molecule has 2 heteroatoms. The van der Waals surface area contributed by atoms with Crippen LogP contribution >= 0.6 is 0 Å². The molecular weight excluding hydrogens is 212 g/mol. The van der Waals surface area contributed by atoms with Gasteiger partial charge in [0.05, 0.1) is 12.4 Å². The number of hydrogen-bond acceptors (Lipinski definition) is 2. The molecule has 1 heterocycles. The first-order valence-electron chi connectivity index (χ1n) is 6.85. The van der Waals surface area contributed by atoms with Gasteiger partial charge in [-0.2, -0.15) is 0 Å². The summed E-state index contributed by atoms with van der Waals surface area (Å²) in [5.74, 6) is 3.01. The molecule has 1 aliphatic rings. The fourth-order valence-corrected chi connectivity index (χ4v) is 3.30. The molecule has 2 nitrogen and oxygen atoms in total. The second-order valence-corrected chi connectivity index (χ2v) is 5.86. The topological polar surface area (TPSA) is 33.4 Å². The molecule has 1 aromatic heterocycles. The number of furan rings is 1. The Balaban J connectivity index is 1.80. The van der Waals surface area contributed by atoms with E-state index in [-0.39, 0.29) is 6.10 Å². The van der Waals surface area contributed by atoms with Gasteiger partial charge >= 0.3 is 0 Å². The van der Waals surface area contributed by atoms with E-state index in [9.17, 15) is 5.11 Å². The van der Waals surface area contributed by atoms with Crippen LogP contribution in [0.4, 0.5) is 0 Å². The van der Waals surface area contributed by atoms with Gasteiger partial charge in [-0.3, -0.25) is 0 Å². The highest BCUT2D eigenvalue weighted by Crippen LogP contribution is 2.35. The van der Waals surface area contributed by atoms with Crippen LogP contribution in [0.2, 0.25) is 0 Å². The summed E-state index contributed by atoms with van der Waals surface area (Å²) >= 11 is 0. The third kappa shape index (κ3) is 3.60. The molecule has 1 N–H and O–H groups in total. The van der Waals surface area contributed by atoms with Gasteiger partial charge in [-0.05, 0) is 55.6 Å². The smallest absolute Gasteiger partial charge is 0.103 e. The second-order valence-electron chi connectivity index (χ2n) is 5.86. The van der Waals surface area contributed by atoms with E-state index < -0.39 is 0 Å². The Hall–Kier alpha value is -0.760. The van der Waals surface area contributed by atoms with Gasteiger partial charge in [0.2, 0.25) is 0 Å². The Morgan fingerprint density at radius 2 is 2.00 bits per heavy atom. The van der Waals surface area contributed by atoms with E-state index in [0.717, 1.165) is 30.4 Å². The van der Waals surface area contributed by atoms with E-state index in [1.807, 2.05) is 12.1 Å². The van der Waals surface area contributed by atoms with Crippen LogP contribution in [0.5, 0.6) is 0 Å². The van der Waals surface area contributed by atoms with Crippen LogP contribution in [0.3, 0.4) is 0 Å². The summed E-state index contributed by atoms with van der Waals surface area (Å²) in [6.45, 7) is 4.61. The molecule has 1 aliphatic carbocycles. The first-order valence-corrected chi connectivity index (χ1v) is 6.85. The average molecular weight is 236 g/mol. The fraction of sp³-hybridized carbons (Fsp3) is 0.733. The van der Waals surface area contributed by atoms with Crippen LogP contribution in [0.1, 0.15) is 45.3 Å². The summed E-state index contributed by atoms with van der Waals surface area (Å²) in [5, 5.41) is 10.3. The van der Waals surface area contributed by atoms with Crippen molar-refractivity contribution in [1.29, 1.82) is 0 Å². The van der Waals surface area contributed by atoms with Gasteiger partial charge in [0.15, 0.2) is 0 Å². The standard InChI is InChI=1S/C15H24O2/c1-11-8-12(2)10-13(9-11)15(16)6-5-14-4-3-7-17-14/h3-4,7,11-13,15-16H,5-6,8-10H2,1-2H3. The maximum absolute atomic E-state index is 10.3. The van der Waals surface area contributed by atoms with Crippen LogP contribution in [0.15, 0.2) is 22.8 Å². The van der Waals surface area contributed by atoms with Crippen molar-refractivity contribution >= 4 is 0 Å². The van der Waals surface area contributed by atoms with Crippen molar-refractivity contribution in [3.63, 3.8) is 0 Å². The van der Waals surface area contributed by atoms with E-state index in [4.69, 9.17) is 4.42 Å². The zero-order valence-corrected chi connectivity index (χ0v) is 10.9. The SMILES string of the molecule is CC1CC(C)CC(C(O)CCc2ccco2)C1. The summed E-state index contributed by atoms with van der Waals surface area (Å²) in [6.07, 6.45) is 6.91. The molecular formula is C15H24O2.